The van der Waals surface area contributed by atoms with E-state index in [4.69, 9.17) is 0 Å². The van der Waals surface area contributed by atoms with E-state index in [1.165, 1.54) is 33.4 Å². The molecule has 0 radical (unpaired) electrons. The lowest BCUT2D eigenvalue weighted by Crippen LogP contribution is -2.05. The molecule has 0 nitrogen and oxygen atoms in total. The van der Waals surface area contributed by atoms with E-state index in [1.54, 1.807) is 22.3 Å². The summed E-state index contributed by atoms with van der Waals surface area (Å²) >= 11 is 0. The lowest BCUT2D eigenvalue weighted by atomic mass is 9.82. The summed E-state index contributed by atoms with van der Waals surface area (Å²) in [5.74, 6) is 0. The van der Waals surface area contributed by atoms with Crippen LogP contribution >= 0.6 is 0 Å². The van der Waals surface area contributed by atoms with Crippen molar-refractivity contribution < 1.29 is 0 Å². The summed E-state index contributed by atoms with van der Waals surface area (Å²) in [4.78, 5) is 0. The largest absolute Gasteiger partial charge is 0.0801 e. The third-order valence-corrected chi connectivity index (χ3v) is 5.79. The molecule has 0 saturated heterocycles. The van der Waals surface area contributed by atoms with Crippen LogP contribution in [0, 0.1) is 13.8 Å². The molecule has 122 valence electrons. The number of fused-ring (bicyclic) bond motifs is 3. The van der Waals surface area contributed by atoms with E-state index in [2.05, 4.69) is 64.1 Å². The van der Waals surface area contributed by atoms with E-state index in [1.807, 2.05) is 0 Å². The molecule has 4 rings (SSSR count). The van der Waals surface area contributed by atoms with Crippen molar-refractivity contribution in [2.75, 3.05) is 0 Å². The van der Waals surface area contributed by atoms with Gasteiger partial charge in [-0.1, -0.05) is 55.8 Å². The Kier molecular flexibility index (Phi) is 3.72. The van der Waals surface area contributed by atoms with Crippen molar-refractivity contribution in [2.45, 2.75) is 53.4 Å². The van der Waals surface area contributed by atoms with Crippen LogP contribution in [0.2, 0.25) is 0 Å². The van der Waals surface area contributed by atoms with Crippen LogP contribution in [-0.2, 0) is 19.3 Å². The van der Waals surface area contributed by atoms with Crippen LogP contribution in [0.15, 0.2) is 36.4 Å². The summed E-state index contributed by atoms with van der Waals surface area (Å²) in [6.07, 6.45) is 11.2. The van der Waals surface area contributed by atoms with Crippen molar-refractivity contribution in [1.82, 2.24) is 0 Å². The molecule has 2 aliphatic rings. The SMILES string of the molecule is CCc1c(C)c(C2=CC=CC2)c2c(c1CC)-c1ccc(C)cc1C2. The smallest absolute Gasteiger partial charge is 0.000709 e. The van der Waals surface area contributed by atoms with Crippen molar-refractivity contribution in [3.63, 3.8) is 0 Å². The van der Waals surface area contributed by atoms with Crippen LogP contribution in [0.5, 0.6) is 0 Å². The van der Waals surface area contributed by atoms with Gasteiger partial charge in [-0.25, -0.2) is 0 Å². The van der Waals surface area contributed by atoms with Gasteiger partial charge in [0.2, 0.25) is 0 Å². The Morgan fingerprint density at radius 2 is 1.75 bits per heavy atom. The van der Waals surface area contributed by atoms with E-state index in [-0.39, 0.29) is 0 Å². The molecule has 0 atom stereocenters. The first kappa shape index (κ1) is 15.4. The summed E-state index contributed by atoms with van der Waals surface area (Å²) < 4.78 is 0. The highest BCUT2D eigenvalue weighted by Crippen LogP contribution is 2.47. The van der Waals surface area contributed by atoms with Gasteiger partial charge in [-0.15, -0.1) is 0 Å². The summed E-state index contributed by atoms with van der Waals surface area (Å²) in [5.41, 5.74) is 15.2. The molecule has 0 saturated carbocycles. The lowest BCUT2D eigenvalue weighted by Gasteiger charge is -2.22. The van der Waals surface area contributed by atoms with Crippen molar-refractivity contribution in [2.24, 2.45) is 0 Å². The maximum atomic E-state index is 2.39. The predicted molar refractivity (Wildman–Crippen MR) is 105 cm³/mol. The minimum atomic E-state index is 1.08. The normalized spacial score (nSPS) is 14.8. The van der Waals surface area contributed by atoms with Gasteiger partial charge in [0.25, 0.3) is 0 Å². The van der Waals surface area contributed by atoms with E-state index < -0.39 is 0 Å². The summed E-state index contributed by atoms with van der Waals surface area (Å²) in [6, 6.07) is 7.02. The van der Waals surface area contributed by atoms with E-state index in [9.17, 15) is 0 Å². The van der Waals surface area contributed by atoms with E-state index >= 15 is 0 Å². The third-order valence-electron chi connectivity index (χ3n) is 5.79. The molecule has 2 aromatic rings. The molecule has 0 heteroatoms. The zero-order valence-corrected chi connectivity index (χ0v) is 15.3. The molecule has 0 bridgehead atoms. The van der Waals surface area contributed by atoms with Gasteiger partial charge in [-0.05, 0) is 89.6 Å². The molecule has 0 fully saturated rings. The second-order valence-corrected chi connectivity index (χ2v) is 7.18. The Hall–Kier alpha value is -2.08. The predicted octanol–water partition coefficient (Wildman–Crippen LogP) is 6.34. The minimum absolute atomic E-state index is 1.08. The zero-order valence-electron chi connectivity index (χ0n) is 15.3. The van der Waals surface area contributed by atoms with Crippen LogP contribution < -0.4 is 0 Å². The highest BCUT2D eigenvalue weighted by molar-refractivity contribution is 5.89. The van der Waals surface area contributed by atoms with Gasteiger partial charge in [0, 0.05) is 0 Å². The molecule has 24 heavy (non-hydrogen) atoms. The second-order valence-electron chi connectivity index (χ2n) is 7.18. The standard InChI is InChI=1S/C24H26/c1-5-19-16(4)23(17-9-7-8-10-17)22-14-18-13-15(3)11-12-21(18)24(22)20(19)6-2/h7-9,11-13H,5-6,10,14H2,1-4H3. The molecule has 0 unspecified atom stereocenters. The Morgan fingerprint density at radius 1 is 0.958 bits per heavy atom. The molecule has 0 spiro atoms. The first-order valence-corrected chi connectivity index (χ1v) is 9.28. The molecule has 0 aliphatic heterocycles. The quantitative estimate of drug-likeness (QED) is 0.529. The molecular formula is C24H26. The van der Waals surface area contributed by atoms with Gasteiger partial charge in [-0.3, -0.25) is 0 Å². The van der Waals surface area contributed by atoms with E-state index in [0.717, 1.165) is 25.7 Å². The van der Waals surface area contributed by atoms with Crippen molar-refractivity contribution in [3.8, 4) is 11.1 Å². The highest BCUT2D eigenvalue weighted by atomic mass is 14.3. The molecule has 2 aromatic carbocycles. The fourth-order valence-corrected chi connectivity index (χ4v) is 4.80. The molecule has 0 aromatic heterocycles. The fraction of sp³-hybridized carbons (Fsp3) is 0.333. The van der Waals surface area contributed by atoms with Gasteiger partial charge in [0.1, 0.15) is 0 Å². The van der Waals surface area contributed by atoms with Gasteiger partial charge in [0.15, 0.2) is 0 Å². The summed E-state index contributed by atoms with van der Waals surface area (Å²) in [7, 11) is 0. The molecule has 0 amide bonds. The van der Waals surface area contributed by atoms with Gasteiger partial charge < -0.3 is 0 Å². The Morgan fingerprint density at radius 3 is 2.42 bits per heavy atom. The van der Waals surface area contributed by atoms with Crippen molar-refractivity contribution in [1.29, 1.82) is 0 Å². The lowest BCUT2D eigenvalue weighted by molar-refractivity contribution is 1.01. The molecular weight excluding hydrogens is 288 g/mol. The number of hydrogen-bond acceptors (Lipinski definition) is 0. The molecule has 0 heterocycles. The maximum Gasteiger partial charge on any atom is -0.000709 e. The number of aryl methyl sites for hydroxylation is 1. The minimum Gasteiger partial charge on any atom is -0.0801 e. The monoisotopic (exact) mass is 314 g/mol. The zero-order chi connectivity index (χ0) is 16.8. The topological polar surface area (TPSA) is 0 Å². The average Bonchev–Trinajstić information content (AvgIpc) is 3.20. The Bertz CT molecular complexity index is 891. The van der Waals surface area contributed by atoms with Gasteiger partial charge in [-0.2, -0.15) is 0 Å². The van der Waals surface area contributed by atoms with Crippen LogP contribution in [0.3, 0.4) is 0 Å². The molecule has 0 N–H and O–H groups in total. The first-order chi connectivity index (χ1) is 11.7. The Balaban J connectivity index is 2.06. The van der Waals surface area contributed by atoms with Crippen LogP contribution in [0.4, 0.5) is 0 Å². The summed E-state index contributed by atoms with van der Waals surface area (Å²) in [5, 5.41) is 0. The second kappa shape index (κ2) is 5.77. The number of rotatable bonds is 3. The Labute approximate surface area is 145 Å². The van der Waals surface area contributed by atoms with Gasteiger partial charge >= 0.3 is 0 Å². The maximum absolute atomic E-state index is 2.39. The van der Waals surface area contributed by atoms with Crippen LogP contribution in [0.1, 0.15) is 59.2 Å². The fourth-order valence-electron chi connectivity index (χ4n) is 4.80. The highest BCUT2D eigenvalue weighted by Gasteiger charge is 2.28. The van der Waals surface area contributed by atoms with Crippen molar-refractivity contribution >= 4 is 5.57 Å². The number of hydrogen-bond donors (Lipinski definition) is 0. The molecule has 2 aliphatic carbocycles. The average molecular weight is 314 g/mol. The third kappa shape index (κ3) is 2.13. The van der Waals surface area contributed by atoms with Crippen LogP contribution in [0.25, 0.3) is 16.7 Å². The number of benzene rings is 2. The summed E-state index contributed by atoms with van der Waals surface area (Å²) in [6.45, 7) is 9.18. The first-order valence-electron chi connectivity index (χ1n) is 9.28. The van der Waals surface area contributed by atoms with E-state index in [0.29, 0.717) is 0 Å². The van der Waals surface area contributed by atoms with Crippen LogP contribution in [-0.4, -0.2) is 0 Å². The van der Waals surface area contributed by atoms with Crippen molar-refractivity contribution in [3.05, 3.63) is 75.4 Å². The number of allylic oxidation sites excluding steroid dienone is 4. The van der Waals surface area contributed by atoms with Gasteiger partial charge in [0.05, 0.1) is 0 Å².